The molecule has 3 aromatic carbocycles. The summed E-state index contributed by atoms with van der Waals surface area (Å²) in [5.74, 6) is -0.867. The maximum Gasteiger partial charge on any atom is 0.264 e. The maximum atomic E-state index is 13.9. The minimum atomic E-state index is -4.13. The normalized spacial score (nSPS) is 12.9. The van der Waals surface area contributed by atoms with Gasteiger partial charge in [0, 0.05) is 22.6 Å². The van der Waals surface area contributed by atoms with Crippen molar-refractivity contribution < 1.29 is 18.0 Å². The number of nitrogens with zero attached hydrogens (tertiary/aromatic N) is 2. The Hall–Kier alpha value is -3.07. The average Bonchev–Trinajstić information content (AvgIpc) is 2.91. The molecule has 0 fully saturated rings. The molecule has 0 unspecified atom stereocenters. The van der Waals surface area contributed by atoms with Crippen LogP contribution in [0.15, 0.2) is 77.7 Å². The van der Waals surface area contributed by atoms with Crippen LogP contribution >= 0.6 is 23.2 Å². The third kappa shape index (κ3) is 7.97. The summed E-state index contributed by atoms with van der Waals surface area (Å²) in [6.45, 7) is 6.89. The first-order valence-corrected chi connectivity index (χ1v) is 14.8. The molecule has 0 heterocycles. The van der Waals surface area contributed by atoms with E-state index in [0.717, 1.165) is 21.9 Å². The molecule has 2 amide bonds. The predicted molar refractivity (Wildman–Crippen MR) is 157 cm³/mol. The zero-order valence-electron chi connectivity index (χ0n) is 22.4. The molecular weight excluding hydrogens is 557 g/mol. The number of hydrogen-bond acceptors (Lipinski definition) is 4. The molecule has 0 aliphatic carbocycles. The van der Waals surface area contributed by atoms with Gasteiger partial charge in [-0.15, -0.1) is 0 Å². The number of benzene rings is 3. The van der Waals surface area contributed by atoms with E-state index in [9.17, 15) is 18.0 Å². The highest BCUT2D eigenvalue weighted by atomic mass is 35.5. The van der Waals surface area contributed by atoms with E-state index in [-0.39, 0.29) is 29.1 Å². The first-order chi connectivity index (χ1) is 18.4. The number of halogens is 2. The Bertz CT molecular complexity index is 1380. The molecule has 0 aromatic heterocycles. The molecule has 0 radical (unpaired) electrons. The third-order valence-electron chi connectivity index (χ3n) is 6.44. The molecule has 7 nitrogen and oxygen atoms in total. The van der Waals surface area contributed by atoms with Crippen molar-refractivity contribution in [3.8, 4) is 0 Å². The average molecular weight is 591 g/mol. The molecule has 3 aromatic rings. The van der Waals surface area contributed by atoms with Crippen LogP contribution in [0.1, 0.15) is 38.3 Å². The maximum absolute atomic E-state index is 13.9. The quantitative estimate of drug-likeness (QED) is 0.305. The second kappa shape index (κ2) is 13.3. The number of carbonyl (C=O) groups excluding carboxylic acids is 2. The zero-order chi connectivity index (χ0) is 28.7. The van der Waals surface area contributed by atoms with Gasteiger partial charge in [-0.25, -0.2) is 8.42 Å². The van der Waals surface area contributed by atoms with Gasteiger partial charge in [0.25, 0.3) is 10.0 Å². The summed E-state index contributed by atoms with van der Waals surface area (Å²) in [5, 5.41) is 3.88. The molecule has 3 rings (SSSR count). The van der Waals surface area contributed by atoms with E-state index in [1.165, 1.54) is 17.0 Å². The van der Waals surface area contributed by atoms with Crippen LogP contribution in [-0.2, 0) is 26.2 Å². The fourth-order valence-corrected chi connectivity index (χ4v) is 5.47. The summed E-state index contributed by atoms with van der Waals surface area (Å²) >= 11 is 12.1. The van der Waals surface area contributed by atoms with Crippen molar-refractivity contribution in [2.24, 2.45) is 0 Å². The van der Waals surface area contributed by atoms with Crippen LogP contribution in [0.3, 0.4) is 0 Å². The topological polar surface area (TPSA) is 86.8 Å². The van der Waals surface area contributed by atoms with Crippen molar-refractivity contribution >= 4 is 50.7 Å². The largest absolute Gasteiger partial charge is 0.352 e. The Kier molecular flexibility index (Phi) is 10.4. The SMILES string of the molecule is CC[C@@H](C)NC(=O)[C@@H](C)N(Cc1ccc(Cl)cc1)C(=O)CN(c1ccc(Cl)cc1)S(=O)(=O)c1ccc(C)cc1. The number of rotatable bonds is 11. The van der Waals surface area contributed by atoms with Gasteiger partial charge in [0.2, 0.25) is 11.8 Å². The summed E-state index contributed by atoms with van der Waals surface area (Å²) in [5.41, 5.74) is 1.92. The number of nitrogens with one attached hydrogen (secondary N) is 1. The summed E-state index contributed by atoms with van der Waals surface area (Å²) < 4.78 is 28.6. The second-order valence-corrected chi connectivity index (χ2v) is 12.2. The number of carbonyl (C=O) groups is 2. The van der Waals surface area contributed by atoms with Crippen LogP contribution in [0.4, 0.5) is 5.69 Å². The molecule has 0 bridgehead atoms. The number of amides is 2. The van der Waals surface area contributed by atoms with E-state index in [2.05, 4.69) is 5.32 Å². The first kappa shape index (κ1) is 30.5. The lowest BCUT2D eigenvalue weighted by Crippen LogP contribution is -2.52. The van der Waals surface area contributed by atoms with E-state index in [1.54, 1.807) is 67.6 Å². The van der Waals surface area contributed by atoms with E-state index in [1.807, 2.05) is 20.8 Å². The second-order valence-electron chi connectivity index (χ2n) is 9.44. The molecule has 1 N–H and O–H groups in total. The van der Waals surface area contributed by atoms with Crippen molar-refractivity contribution in [3.63, 3.8) is 0 Å². The standard InChI is InChI=1S/C29H33Cl2N3O4S/c1-5-21(3)32-29(36)22(4)33(18-23-8-10-24(30)11-9-23)28(35)19-34(26-14-12-25(31)13-15-26)39(37,38)27-16-6-20(2)7-17-27/h6-17,21-22H,5,18-19H2,1-4H3,(H,32,36)/t21-,22-/m1/s1. The minimum absolute atomic E-state index is 0.0441. The minimum Gasteiger partial charge on any atom is -0.352 e. The van der Waals surface area contributed by atoms with Crippen LogP contribution < -0.4 is 9.62 Å². The zero-order valence-corrected chi connectivity index (χ0v) is 24.7. The fraction of sp³-hybridized carbons (Fsp3) is 0.310. The lowest BCUT2D eigenvalue weighted by molar-refractivity contribution is -0.139. The van der Waals surface area contributed by atoms with Gasteiger partial charge < -0.3 is 10.2 Å². The number of hydrogen-bond donors (Lipinski definition) is 1. The van der Waals surface area contributed by atoms with Crippen molar-refractivity contribution in [1.82, 2.24) is 10.2 Å². The highest BCUT2D eigenvalue weighted by Crippen LogP contribution is 2.26. The third-order valence-corrected chi connectivity index (χ3v) is 8.73. The van der Waals surface area contributed by atoms with E-state index >= 15 is 0 Å². The Morgan fingerprint density at radius 1 is 0.872 bits per heavy atom. The lowest BCUT2D eigenvalue weighted by atomic mass is 10.1. The van der Waals surface area contributed by atoms with Gasteiger partial charge in [0.05, 0.1) is 10.6 Å². The summed E-state index contributed by atoms with van der Waals surface area (Å²) in [4.78, 5) is 28.4. The predicted octanol–water partition coefficient (Wildman–Crippen LogP) is 5.83. The molecule has 39 heavy (non-hydrogen) atoms. The van der Waals surface area contributed by atoms with Crippen molar-refractivity contribution in [3.05, 3.63) is 94.0 Å². The number of anilines is 1. The summed E-state index contributed by atoms with van der Waals surface area (Å²) in [7, 11) is -4.13. The number of aryl methyl sites for hydroxylation is 1. The van der Waals surface area contributed by atoms with Crippen LogP contribution in [0, 0.1) is 6.92 Å². The van der Waals surface area contributed by atoms with E-state index < -0.39 is 28.5 Å². The molecular formula is C29H33Cl2N3O4S. The van der Waals surface area contributed by atoms with E-state index in [4.69, 9.17) is 23.2 Å². The van der Waals surface area contributed by atoms with Gasteiger partial charge in [-0.1, -0.05) is 60.0 Å². The highest BCUT2D eigenvalue weighted by Gasteiger charge is 2.32. The highest BCUT2D eigenvalue weighted by molar-refractivity contribution is 7.92. The summed E-state index contributed by atoms with van der Waals surface area (Å²) in [6.07, 6.45) is 0.725. The van der Waals surface area contributed by atoms with Gasteiger partial charge in [0.15, 0.2) is 0 Å². The van der Waals surface area contributed by atoms with Crippen LogP contribution in [0.5, 0.6) is 0 Å². The molecule has 2 atom stereocenters. The van der Waals surface area contributed by atoms with Gasteiger partial charge in [-0.2, -0.15) is 0 Å². The van der Waals surface area contributed by atoms with Crippen LogP contribution in [-0.4, -0.2) is 43.8 Å². The number of sulfonamides is 1. The van der Waals surface area contributed by atoms with Crippen LogP contribution in [0.25, 0.3) is 0 Å². The van der Waals surface area contributed by atoms with Crippen molar-refractivity contribution in [1.29, 1.82) is 0 Å². The molecule has 0 saturated carbocycles. The van der Waals surface area contributed by atoms with Gasteiger partial charge in [-0.05, 0) is 81.3 Å². The van der Waals surface area contributed by atoms with Gasteiger partial charge >= 0.3 is 0 Å². The van der Waals surface area contributed by atoms with E-state index in [0.29, 0.717) is 10.0 Å². The van der Waals surface area contributed by atoms with Gasteiger partial charge in [-0.3, -0.25) is 13.9 Å². The Balaban J connectivity index is 2.01. The smallest absolute Gasteiger partial charge is 0.264 e. The van der Waals surface area contributed by atoms with Gasteiger partial charge in [0.1, 0.15) is 12.6 Å². The first-order valence-electron chi connectivity index (χ1n) is 12.6. The fourth-order valence-electron chi connectivity index (χ4n) is 3.81. The molecule has 0 aliphatic rings. The Morgan fingerprint density at radius 2 is 1.41 bits per heavy atom. The van der Waals surface area contributed by atoms with Crippen molar-refractivity contribution in [2.75, 3.05) is 10.8 Å². The van der Waals surface area contributed by atoms with Crippen LogP contribution in [0.2, 0.25) is 10.0 Å². The molecule has 0 aliphatic heterocycles. The monoisotopic (exact) mass is 589 g/mol. The Labute approximate surface area is 240 Å². The molecule has 0 spiro atoms. The van der Waals surface area contributed by atoms with Crippen molar-refractivity contribution in [2.45, 2.75) is 57.6 Å². The molecule has 208 valence electrons. The lowest BCUT2D eigenvalue weighted by Gasteiger charge is -2.32. The Morgan fingerprint density at radius 3 is 1.95 bits per heavy atom. The summed E-state index contributed by atoms with van der Waals surface area (Å²) in [6, 6.07) is 18.6. The molecule has 0 saturated heterocycles. The molecule has 10 heteroatoms.